The van der Waals surface area contributed by atoms with Crippen LogP contribution in [0.1, 0.15) is 21.5 Å². The maximum atomic E-state index is 13.5. The Labute approximate surface area is 115 Å². The molecule has 0 aliphatic carbocycles. The van der Waals surface area contributed by atoms with Crippen molar-refractivity contribution >= 4 is 17.9 Å². The third-order valence-corrected chi connectivity index (χ3v) is 2.66. The zero-order chi connectivity index (χ0) is 14.5. The molecule has 0 aliphatic heterocycles. The number of nitrogens with zero attached hydrogens (tertiary/aromatic N) is 1. The Kier molecular flexibility index (Phi) is 4.10. The van der Waals surface area contributed by atoms with Gasteiger partial charge in [-0.2, -0.15) is 5.10 Å². The average molecular weight is 272 g/mol. The molecule has 0 spiro atoms. The van der Waals surface area contributed by atoms with Crippen LogP contribution in [0.15, 0.2) is 47.6 Å². The molecular weight excluding hydrogens is 259 g/mol. The Morgan fingerprint density at radius 3 is 2.85 bits per heavy atom. The molecule has 0 atom stereocenters. The lowest BCUT2D eigenvalue weighted by Gasteiger charge is -2.02. The number of carboxylic acids is 1. The standard InChI is InChI=1S/C15H13FN2O2/c1-10-5-6-14(16)12(7-10)9-17-18-13-4-2-3-11(8-13)15(19)20/h2-9,18H,1H3,(H,19,20)/b17-9+. The molecule has 0 amide bonds. The van der Waals surface area contributed by atoms with Crippen LogP contribution < -0.4 is 5.43 Å². The largest absolute Gasteiger partial charge is 0.478 e. The van der Waals surface area contributed by atoms with Crippen LogP contribution in [0.25, 0.3) is 0 Å². The minimum atomic E-state index is -1.01. The normalized spacial score (nSPS) is 10.7. The summed E-state index contributed by atoms with van der Waals surface area (Å²) in [6, 6.07) is 10.9. The number of carboxylic acid groups (broad SMARTS) is 1. The lowest BCUT2D eigenvalue weighted by Crippen LogP contribution is -1.98. The highest BCUT2D eigenvalue weighted by atomic mass is 19.1. The van der Waals surface area contributed by atoms with E-state index in [-0.39, 0.29) is 11.4 Å². The molecule has 0 unspecified atom stereocenters. The fourth-order valence-electron chi connectivity index (χ4n) is 1.66. The lowest BCUT2D eigenvalue weighted by molar-refractivity contribution is 0.0697. The van der Waals surface area contributed by atoms with E-state index in [1.807, 2.05) is 6.92 Å². The van der Waals surface area contributed by atoms with Crippen molar-refractivity contribution in [1.29, 1.82) is 0 Å². The van der Waals surface area contributed by atoms with Crippen LogP contribution in [0.4, 0.5) is 10.1 Å². The molecule has 0 aromatic heterocycles. The van der Waals surface area contributed by atoms with Crippen LogP contribution in [-0.4, -0.2) is 17.3 Å². The highest BCUT2D eigenvalue weighted by molar-refractivity contribution is 5.88. The quantitative estimate of drug-likeness (QED) is 0.663. The van der Waals surface area contributed by atoms with Gasteiger partial charge in [0, 0.05) is 5.56 Å². The van der Waals surface area contributed by atoms with Gasteiger partial charge in [0.25, 0.3) is 0 Å². The van der Waals surface area contributed by atoms with Crippen molar-refractivity contribution in [2.24, 2.45) is 5.10 Å². The molecule has 5 heteroatoms. The fourth-order valence-corrected chi connectivity index (χ4v) is 1.66. The molecular formula is C15H13FN2O2. The molecule has 20 heavy (non-hydrogen) atoms. The second kappa shape index (κ2) is 5.97. The van der Waals surface area contributed by atoms with Gasteiger partial charge >= 0.3 is 5.97 Å². The van der Waals surface area contributed by atoms with E-state index in [9.17, 15) is 9.18 Å². The van der Waals surface area contributed by atoms with E-state index in [2.05, 4.69) is 10.5 Å². The summed E-state index contributed by atoms with van der Waals surface area (Å²) in [5.74, 6) is -1.37. The van der Waals surface area contributed by atoms with E-state index in [1.165, 1.54) is 24.4 Å². The Balaban J connectivity index is 2.12. The first kappa shape index (κ1) is 13.7. The molecule has 0 aliphatic rings. The van der Waals surface area contributed by atoms with Gasteiger partial charge in [-0.05, 0) is 37.3 Å². The molecule has 2 aromatic rings. The third kappa shape index (κ3) is 3.41. The number of anilines is 1. The number of hydrogen-bond acceptors (Lipinski definition) is 3. The summed E-state index contributed by atoms with van der Waals surface area (Å²) in [5.41, 5.74) is 4.65. The summed E-state index contributed by atoms with van der Waals surface area (Å²) in [6.07, 6.45) is 1.36. The first-order valence-corrected chi connectivity index (χ1v) is 5.95. The average Bonchev–Trinajstić information content (AvgIpc) is 2.43. The van der Waals surface area contributed by atoms with E-state index >= 15 is 0 Å². The summed E-state index contributed by atoms with van der Waals surface area (Å²) in [4.78, 5) is 10.8. The van der Waals surface area contributed by atoms with Gasteiger partial charge in [-0.25, -0.2) is 9.18 Å². The summed E-state index contributed by atoms with van der Waals surface area (Å²) in [5, 5.41) is 12.8. The summed E-state index contributed by atoms with van der Waals surface area (Å²) in [6.45, 7) is 1.86. The maximum absolute atomic E-state index is 13.5. The second-order valence-electron chi connectivity index (χ2n) is 4.28. The number of hydrogen-bond donors (Lipinski definition) is 2. The second-order valence-corrected chi connectivity index (χ2v) is 4.28. The van der Waals surface area contributed by atoms with Crippen molar-refractivity contribution in [3.8, 4) is 0 Å². The van der Waals surface area contributed by atoms with Crippen molar-refractivity contribution in [2.75, 3.05) is 5.43 Å². The Bertz CT molecular complexity index is 669. The molecule has 4 nitrogen and oxygen atoms in total. The predicted molar refractivity (Wildman–Crippen MR) is 75.8 cm³/mol. The van der Waals surface area contributed by atoms with Gasteiger partial charge in [0.2, 0.25) is 0 Å². The highest BCUT2D eigenvalue weighted by Crippen LogP contribution is 2.11. The number of hydrazone groups is 1. The lowest BCUT2D eigenvalue weighted by atomic mass is 10.1. The molecule has 2 N–H and O–H groups in total. The monoisotopic (exact) mass is 272 g/mol. The number of benzene rings is 2. The number of nitrogens with one attached hydrogen (secondary N) is 1. The van der Waals surface area contributed by atoms with Crippen LogP contribution in [0.5, 0.6) is 0 Å². The fraction of sp³-hybridized carbons (Fsp3) is 0.0667. The molecule has 0 saturated carbocycles. The topological polar surface area (TPSA) is 61.7 Å². The third-order valence-electron chi connectivity index (χ3n) is 2.66. The highest BCUT2D eigenvalue weighted by Gasteiger charge is 2.02. The molecule has 2 aromatic carbocycles. The SMILES string of the molecule is Cc1ccc(F)c(/C=N/Nc2cccc(C(=O)O)c2)c1. The molecule has 2 rings (SSSR count). The van der Waals surface area contributed by atoms with Gasteiger partial charge in [-0.1, -0.05) is 17.7 Å². The van der Waals surface area contributed by atoms with Gasteiger partial charge < -0.3 is 5.11 Å². The van der Waals surface area contributed by atoms with Crippen LogP contribution in [0, 0.1) is 12.7 Å². The summed E-state index contributed by atoms with van der Waals surface area (Å²) >= 11 is 0. The summed E-state index contributed by atoms with van der Waals surface area (Å²) in [7, 11) is 0. The van der Waals surface area contributed by atoms with Crippen LogP contribution in [0.3, 0.4) is 0 Å². The molecule has 0 fully saturated rings. The minimum absolute atomic E-state index is 0.159. The molecule has 0 heterocycles. The van der Waals surface area contributed by atoms with Crippen molar-refractivity contribution in [3.63, 3.8) is 0 Å². The van der Waals surface area contributed by atoms with Gasteiger partial charge in [-0.3, -0.25) is 5.43 Å². The van der Waals surface area contributed by atoms with Gasteiger partial charge in [-0.15, -0.1) is 0 Å². The number of aromatic carboxylic acids is 1. The van der Waals surface area contributed by atoms with Gasteiger partial charge in [0.1, 0.15) is 5.82 Å². The van der Waals surface area contributed by atoms with Crippen molar-refractivity contribution < 1.29 is 14.3 Å². The van der Waals surface area contributed by atoms with Gasteiger partial charge in [0.15, 0.2) is 0 Å². The molecule has 0 saturated heterocycles. The van der Waals surface area contributed by atoms with Crippen LogP contribution in [0.2, 0.25) is 0 Å². The van der Waals surface area contributed by atoms with Crippen LogP contribution in [-0.2, 0) is 0 Å². The first-order valence-electron chi connectivity index (χ1n) is 5.95. The van der Waals surface area contributed by atoms with Crippen molar-refractivity contribution in [3.05, 3.63) is 65.0 Å². The first-order chi connectivity index (χ1) is 9.56. The maximum Gasteiger partial charge on any atom is 0.335 e. The predicted octanol–water partition coefficient (Wildman–Crippen LogP) is 3.28. The minimum Gasteiger partial charge on any atom is -0.478 e. The Morgan fingerprint density at radius 2 is 2.10 bits per heavy atom. The Hall–Kier alpha value is -2.69. The zero-order valence-electron chi connectivity index (χ0n) is 10.8. The van der Waals surface area contributed by atoms with Crippen molar-refractivity contribution in [1.82, 2.24) is 0 Å². The van der Waals surface area contributed by atoms with Gasteiger partial charge in [0.05, 0.1) is 17.5 Å². The number of halogens is 1. The van der Waals surface area contributed by atoms with E-state index in [1.54, 1.807) is 24.3 Å². The number of carbonyl (C=O) groups is 1. The number of aryl methyl sites for hydroxylation is 1. The smallest absolute Gasteiger partial charge is 0.335 e. The molecule has 102 valence electrons. The number of rotatable bonds is 4. The Morgan fingerprint density at radius 1 is 1.30 bits per heavy atom. The zero-order valence-corrected chi connectivity index (χ0v) is 10.8. The van der Waals surface area contributed by atoms with E-state index in [4.69, 9.17) is 5.11 Å². The van der Waals surface area contributed by atoms with Crippen LogP contribution >= 0.6 is 0 Å². The molecule has 0 radical (unpaired) electrons. The van der Waals surface area contributed by atoms with Crippen molar-refractivity contribution in [2.45, 2.75) is 6.92 Å². The van der Waals surface area contributed by atoms with E-state index < -0.39 is 5.97 Å². The van der Waals surface area contributed by atoms with E-state index in [0.29, 0.717) is 11.3 Å². The summed E-state index contributed by atoms with van der Waals surface area (Å²) < 4.78 is 13.5. The molecule has 0 bridgehead atoms. The van der Waals surface area contributed by atoms with E-state index in [0.717, 1.165) is 5.56 Å².